The summed E-state index contributed by atoms with van der Waals surface area (Å²) in [6.07, 6.45) is 10.1. The van der Waals surface area contributed by atoms with E-state index in [4.69, 9.17) is 4.74 Å². The van der Waals surface area contributed by atoms with E-state index in [2.05, 4.69) is 12.2 Å². The molecular formula is C31H32FN3O4. The largest absolute Gasteiger partial charge is 0.465 e. The van der Waals surface area contributed by atoms with Crippen LogP contribution in [-0.4, -0.2) is 54.0 Å². The summed E-state index contributed by atoms with van der Waals surface area (Å²) in [5.41, 5.74) is 4.07. The maximum absolute atomic E-state index is 14.9. The molecule has 6 rings (SSSR count). The molecule has 0 saturated carbocycles. The third kappa shape index (κ3) is 4.51. The molecule has 0 spiro atoms. The van der Waals surface area contributed by atoms with Gasteiger partial charge in [0.15, 0.2) is 0 Å². The molecule has 0 bridgehead atoms. The van der Waals surface area contributed by atoms with Crippen LogP contribution in [-0.2, 0) is 20.9 Å². The fourth-order valence-corrected chi connectivity index (χ4v) is 6.38. The van der Waals surface area contributed by atoms with Gasteiger partial charge in [0.1, 0.15) is 18.9 Å². The van der Waals surface area contributed by atoms with E-state index in [1.807, 2.05) is 15.5 Å². The fourth-order valence-electron chi connectivity index (χ4n) is 6.38. The third-order valence-corrected chi connectivity index (χ3v) is 8.30. The number of piperidine rings is 1. The lowest BCUT2D eigenvalue weighted by Crippen LogP contribution is -2.45. The molecule has 2 aromatic carbocycles. The standard InChI is InChI=1S/C31H32FN3O4/c1-39-31(38)21-10-12-23-26(16-21)35-19-28(37)34(18-27(36)33-14-6-3-7-15-33)25-13-11-22(32)17-24(25)30(35)29(23)20-8-4-2-5-9-20/h2,4,10-13,16-17,20H,3,5-9,14-15,18-19H2,1H3. The molecule has 1 unspecified atom stereocenters. The van der Waals surface area contributed by atoms with Crippen LogP contribution in [0.5, 0.6) is 0 Å². The van der Waals surface area contributed by atoms with Crippen molar-refractivity contribution >= 4 is 34.4 Å². The summed E-state index contributed by atoms with van der Waals surface area (Å²) in [6, 6.07) is 9.85. The molecule has 1 atom stereocenters. The minimum absolute atomic E-state index is 0.0252. The molecule has 202 valence electrons. The van der Waals surface area contributed by atoms with E-state index in [-0.39, 0.29) is 30.8 Å². The van der Waals surface area contributed by atoms with Crippen molar-refractivity contribution in [3.8, 4) is 11.3 Å². The molecule has 2 aliphatic heterocycles. The molecule has 2 amide bonds. The second-order valence-corrected chi connectivity index (χ2v) is 10.6. The normalized spacial score (nSPS) is 19.0. The van der Waals surface area contributed by atoms with Crippen LogP contribution in [0, 0.1) is 5.82 Å². The first-order valence-corrected chi connectivity index (χ1v) is 13.7. The van der Waals surface area contributed by atoms with Crippen LogP contribution in [0.3, 0.4) is 0 Å². The van der Waals surface area contributed by atoms with Crippen LogP contribution in [0.1, 0.15) is 60.4 Å². The minimum Gasteiger partial charge on any atom is -0.465 e. The summed E-state index contributed by atoms with van der Waals surface area (Å²) < 4.78 is 21.8. The van der Waals surface area contributed by atoms with E-state index in [1.165, 1.54) is 24.1 Å². The van der Waals surface area contributed by atoms with Crippen molar-refractivity contribution < 1.29 is 23.5 Å². The summed E-state index contributed by atoms with van der Waals surface area (Å²) in [6.45, 7) is 1.27. The smallest absolute Gasteiger partial charge is 0.337 e. The van der Waals surface area contributed by atoms with Gasteiger partial charge in [-0.25, -0.2) is 9.18 Å². The number of methoxy groups -OCH3 is 1. The van der Waals surface area contributed by atoms with Gasteiger partial charge in [-0.05, 0) is 80.3 Å². The van der Waals surface area contributed by atoms with Gasteiger partial charge in [-0.1, -0.05) is 18.2 Å². The number of benzene rings is 2. The number of hydrogen-bond acceptors (Lipinski definition) is 4. The molecule has 1 aromatic heterocycles. The maximum atomic E-state index is 14.9. The van der Waals surface area contributed by atoms with Crippen molar-refractivity contribution in [1.82, 2.24) is 9.47 Å². The molecule has 8 heteroatoms. The second-order valence-electron chi connectivity index (χ2n) is 10.6. The third-order valence-electron chi connectivity index (χ3n) is 8.30. The van der Waals surface area contributed by atoms with Crippen molar-refractivity contribution in [2.75, 3.05) is 31.6 Å². The first-order valence-electron chi connectivity index (χ1n) is 13.7. The van der Waals surface area contributed by atoms with Gasteiger partial charge in [-0.3, -0.25) is 9.59 Å². The highest BCUT2D eigenvalue weighted by Crippen LogP contribution is 2.47. The molecule has 1 saturated heterocycles. The van der Waals surface area contributed by atoms with Gasteiger partial charge in [0.25, 0.3) is 0 Å². The molecular weight excluding hydrogens is 497 g/mol. The van der Waals surface area contributed by atoms with Crippen molar-refractivity contribution in [2.24, 2.45) is 0 Å². The average molecular weight is 530 g/mol. The Morgan fingerprint density at radius 3 is 2.62 bits per heavy atom. The fraction of sp³-hybridized carbons (Fsp3) is 0.387. The van der Waals surface area contributed by atoms with E-state index in [0.29, 0.717) is 29.9 Å². The molecule has 3 aromatic rings. The number of ether oxygens (including phenoxy) is 1. The highest BCUT2D eigenvalue weighted by Gasteiger charge is 2.34. The number of nitrogens with zero attached hydrogens (tertiary/aromatic N) is 3. The zero-order valence-electron chi connectivity index (χ0n) is 22.1. The number of carbonyl (C=O) groups is 3. The van der Waals surface area contributed by atoms with Gasteiger partial charge in [0.2, 0.25) is 11.8 Å². The predicted octanol–water partition coefficient (Wildman–Crippen LogP) is 5.42. The van der Waals surface area contributed by atoms with Crippen LogP contribution in [0.25, 0.3) is 22.2 Å². The van der Waals surface area contributed by atoms with E-state index in [9.17, 15) is 18.8 Å². The Labute approximate surface area is 226 Å². The van der Waals surface area contributed by atoms with E-state index >= 15 is 0 Å². The van der Waals surface area contributed by atoms with E-state index in [0.717, 1.165) is 60.7 Å². The number of amides is 2. The van der Waals surface area contributed by atoms with Crippen molar-refractivity contribution in [2.45, 2.75) is 51.0 Å². The Bertz CT molecular complexity index is 1500. The van der Waals surface area contributed by atoms with Crippen LogP contribution in [0.4, 0.5) is 10.1 Å². The highest BCUT2D eigenvalue weighted by atomic mass is 19.1. The van der Waals surface area contributed by atoms with Gasteiger partial charge in [-0.15, -0.1) is 0 Å². The van der Waals surface area contributed by atoms with Gasteiger partial charge in [-0.2, -0.15) is 0 Å². The Kier molecular flexibility index (Phi) is 6.71. The van der Waals surface area contributed by atoms with Gasteiger partial charge < -0.3 is 19.1 Å². The van der Waals surface area contributed by atoms with Crippen molar-refractivity contribution in [1.29, 1.82) is 0 Å². The lowest BCUT2D eigenvalue weighted by Gasteiger charge is -2.30. The quantitative estimate of drug-likeness (QED) is 0.334. The number of allylic oxidation sites excluding steroid dienone is 2. The predicted molar refractivity (Wildman–Crippen MR) is 147 cm³/mol. The molecule has 39 heavy (non-hydrogen) atoms. The Morgan fingerprint density at radius 2 is 1.87 bits per heavy atom. The minimum atomic E-state index is -0.463. The second kappa shape index (κ2) is 10.3. The van der Waals surface area contributed by atoms with Crippen LogP contribution in [0.2, 0.25) is 0 Å². The molecule has 3 heterocycles. The van der Waals surface area contributed by atoms with Crippen molar-refractivity contribution in [3.05, 3.63) is 65.5 Å². The Balaban J connectivity index is 1.55. The first-order chi connectivity index (χ1) is 19.0. The number of aromatic nitrogens is 1. The number of halogens is 1. The Hall–Kier alpha value is -3.94. The number of hydrogen-bond donors (Lipinski definition) is 0. The van der Waals surface area contributed by atoms with Crippen LogP contribution in [0.15, 0.2) is 48.6 Å². The molecule has 3 aliphatic rings. The highest BCUT2D eigenvalue weighted by molar-refractivity contribution is 6.07. The summed E-state index contributed by atoms with van der Waals surface area (Å²) >= 11 is 0. The topological polar surface area (TPSA) is 71.8 Å². The first kappa shape index (κ1) is 25.3. The summed E-state index contributed by atoms with van der Waals surface area (Å²) in [5.74, 6) is -1.05. The number of esters is 1. The van der Waals surface area contributed by atoms with Gasteiger partial charge >= 0.3 is 5.97 Å². The number of rotatable bonds is 4. The van der Waals surface area contributed by atoms with E-state index in [1.54, 1.807) is 18.2 Å². The zero-order chi connectivity index (χ0) is 27.1. The molecule has 1 aliphatic carbocycles. The summed E-state index contributed by atoms with van der Waals surface area (Å²) in [7, 11) is 1.34. The van der Waals surface area contributed by atoms with Gasteiger partial charge in [0, 0.05) is 24.0 Å². The number of anilines is 1. The van der Waals surface area contributed by atoms with Crippen LogP contribution >= 0.6 is 0 Å². The molecule has 7 nitrogen and oxygen atoms in total. The maximum Gasteiger partial charge on any atom is 0.337 e. The molecule has 0 N–H and O–H groups in total. The lowest BCUT2D eigenvalue weighted by atomic mass is 9.84. The summed E-state index contributed by atoms with van der Waals surface area (Å²) in [5, 5.41) is 0.943. The average Bonchev–Trinajstić information content (AvgIpc) is 3.23. The molecule has 1 fully saturated rings. The molecule has 0 radical (unpaired) electrons. The number of likely N-dealkylation sites (tertiary alicyclic amines) is 1. The number of fused-ring (bicyclic) bond motifs is 5. The summed E-state index contributed by atoms with van der Waals surface area (Å²) in [4.78, 5) is 42.9. The monoisotopic (exact) mass is 529 g/mol. The van der Waals surface area contributed by atoms with Gasteiger partial charge in [0.05, 0.1) is 29.6 Å². The lowest BCUT2D eigenvalue weighted by molar-refractivity contribution is -0.132. The SMILES string of the molecule is COC(=O)c1ccc2c(C3CC=CCC3)c3n(c2c1)CC(=O)N(CC(=O)N1CCCCC1)c1ccc(F)cc1-3. The number of carbonyl (C=O) groups excluding carboxylic acids is 3. The Morgan fingerprint density at radius 1 is 1.05 bits per heavy atom. The zero-order valence-corrected chi connectivity index (χ0v) is 22.1. The van der Waals surface area contributed by atoms with Crippen molar-refractivity contribution in [3.63, 3.8) is 0 Å². The van der Waals surface area contributed by atoms with E-state index < -0.39 is 11.8 Å². The van der Waals surface area contributed by atoms with Crippen LogP contribution < -0.4 is 4.90 Å².